The molecule has 7 heteroatoms. The van der Waals surface area contributed by atoms with Crippen molar-refractivity contribution >= 4 is 22.3 Å². The smallest absolute Gasteiger partial charge is 0.103 e. The molecule has 1 aromatic heterocycles. The third-order valence-corrected chi connectivity index (χ3v) is 9.12. The minimum atomic E-state index is -0.0513. The van der Waals surface area contributed by atoms with E-state index in [9.17, 15) is 5.26 Å². The third-order valence-electron chi connectivity index (χ3n) is 9.12. The molecule has 7 rings (SSSR count). The maximum Gasteiger partial charge on any atom is 0.103 e. The number of nitrogens with one attached hydrogen (secondary N) is 1. The average Bonchev–Trinajstić information content (AvgIpc) is 3.58. The van der Waals surface area contributed by atoms with Gasteiger partial charge >= 0.3 is 0 Å². The Morgan fingerprint density at radius 3 is 2.89 bits per heavy atom. The van der Waals surface area contributed by atoms with Gasteiger partial charge in [-0.1, -0.05) is 6.07 Å². The number of nitriles is 1. The fourth-order valence-corrected chi connectivity index (χ4v) is 7.19. The largest absolute Gasteiger partial charge is 0.375 e. The highest BCUT2D eigenvalue weighted by Crippen LogP contribution is 2.43. The van der Waals surface area contributed by atoms with Crippen LogP contribution in [0.4, 0.5) is 11.4 Å². The summed E-state index contributed by atoms with van der Waals surface area (Å²) >= 11 is 0. The molecule has 3 fully saturated rings. The van der Waals surface area contributed by atoms with E-state index in [4.69, 9.17) is 4.74 Å². The third kappa shape index (κ3) is 3.18. The summed E-state index contributed by atoms with van der Waals surface area (Å²) in [7, 11) is 1.87. The molecule has 5 heterocycles. The molecule has 2 unspecified atom stereocenters. The predicted molar refractivity (Wildman–Crippen MR) is 141 cm³/mol. The molecule has 4 aliphatic rings. The van der Waals surface area contributed by atoms with Crippen LogP contribution < -0.4 is 15.1 Å². The lowest BCUT2D eigenvalue weighted by Crippen LogP contribution is -2.51. The second-order valence-electron chi connectivity index (χ2n) is 10.9. The van der Waals surface area contributed by atoms with Crippen molar-refractivity contribution in [2.75, 3.05) is 56.2 Å². The summed E-state index contributed by atoms with van der Waals surface area (Å²) in [6, 6.07) is 18.3. The number of anilines is 2. The summed E-state index contributed by atoms with van der Waals surface area (Å²) in [4.78, 5) is 12.2. The van der Waals surface area contributed by atoms with E-state index >= 15 is 0 Å². The molecular weight excluding hydrogens is 448 g/mol. The molecule has 4 atom stereocenters. The molecule has 1 N–H and O–H groups in total. The number of hydrogen-bond acceptors (Lipinski definition) is 7. The molecule has 36 heavy (non-hydrogen) atoms. The van der Waals surface area contributed by atoms with Gasteiger partial charge in [0, 0.05) is 87.8 Å². The van der Waals surface area contributed by atoms with E-state index in [0.29, 0.717) is 23.6 Å². The van der Waals surface area contributed by atoms with Crippen molar-refractivity contribution in [2.45, 2.75) is 31.2 Å². The number of rotatable bonds is 3. The summed E-state index contributed by atoms with van der Waals surface area (Å²) in [6.45, 7) is 9.24. The van der Waals surface area contributed by atoms with Crippen LogP contribution in [0.3, 0.4) is 0 Å². The highest BCUT2D eigenvalue weighted by Gasteiger charge is 2.50. The fraction of sp³-hybridized carbons (Fsp3) is 0.448. The highest BCUT2D eigenvalue weighted by molar-refractivity contribution is 5.95. The van der Waals surface area contributed by atoms with E-state index in [-0.39, 0.29) is 5.60 Å². The van der Waals surface area contributed by atoms with E-state index in [1.165, 1.54) is 22.5 Å². The van der Waals surface area contributed by atoms with E-state index in [1.54, 1.807) is 6.20 Å². The Balaban J connectivity index is 1.18. The van der Waals surface area contributed by atoms with Crippen LogP contribution in [-0.2, 0) is 11.3 Å². The standard InChI is InChI=1S/C29H32N6O/c1-19-13-33(26-8-5-20(11-30)28-25(26)4-3-9-32-28)16-27-24-7-6-23(10-21(24)14-35(19)27)34-15-22-12-31-17-29(22,18-34)36-2/h3-10,19,22,27,31H,12-18H2,1-2H3/t19-,22?,27-,29?/m1/s1. The minimum absolute atomic E-state index is 0.0513. The van der Waals surface area contributed by atoms with Crippen LogP contribution in [0.1, 0.15) is 29.7 Å². The zero-order chi connectivity index (χ0) is 24.4. The monoisotopic (exact) mass is 480 g/mol. The summed E-state index contributed by atoms with van der Waals surface area (Å²) < 4.78 is 6.02. The summed E-state index contributed by atoms with van der Waals surface area (Å²) in [6.07, 6.45) is 1.77. The maximum atomic E-state index is 9.56. The van der Waals surface area contributed by atoms with Gasteiger partial charge in [-0.2, -0.15) is 5.26 Å². The number of piperazine rings is 1. The first-order valence-electron chi connectivity index (χ1n) is 13.0. The Kier molecular flexibility index (Phi) is 5.00. The van der Waals surface area contributed by atoms with Crippen LogP contribution in [0.25, 0.3) is 10.9 Å². The lowest BCUT2D eigenvalue weighted by atomic mass is 9.95. The Hall–Kier alpha value is -3.18. The average molecular weight is 481 g/mol. The molecule has 3 aromatic rings. The second kappa shape index (κ2) is 8.17. The number of benzene rings is 2. The van der Waals surface area contributed by atoms with Crippen LogP contribution in [0, 0.1) is 17.2 Å². The topological polar surface area (TPSA) is 67.7 Å². The highest BCUT2D eigenvalue weighted by atomic mass is 16.5. The molecule has 7 nitrogen and oxygen atoms in total. The van der Waals surface area contributed by atoms with Crippen LogP contribution in [0.2, 0.25) is 0 Å². The SMILES string of the molecule is COC12CNCC1CN(c1ccc3c(c1)CN1[C@H](C)CN(c4ccc(C#N)c5ncccc45)C[C@H]31)C2. The zero-order valence-electron chi connectivity index (χ0n) is 20.9. The number of aromatic nitrogens is 1. The Morgan fingerprint density at radius 1 is 1.14 bits per heavy atom. The molecule has 0 aliphatic carbocycles. The van der Waals surface area contributed by atoms with Gasteiger partial charge in [-0.25, -0.2) is 0 Å². The summed E-state index contributed by atoms with van der Waals surface area (Å²) in [5.41, 5.74) is 6.79. The first-order chi connectivity index (χ1) is 17.6. The van der Waals surface area contributed by atoms with Crippen molar-refractivity contribution in [1.82, 2.24) is 15.2 Å². The first kappa shape index (κ1) is 22.1. The molecule has 0 spiro atoms. The predicted octanol–water partition coefficient (Wildman–Crippen LogP) is 3.30. The van der Waals surface area contributed by atoms with Crippen molar-refractivity contribution in [1.29, 1.82) is 5.26 Å². The number of hydrogen-bond donors (Lipinski definition) is 1. The van der Waals surface area contributed by atoms with Crippen molar-refractivity contribution in [3.05, 3.63) is 65.4 Å². The summed E-state index contributed by atoms with van der Waals surface area (Å²) in [5.74, 6) is 0.549. The molecule has 184 valence electrons. The molecule has 0 bridgehead atoms. The molecule has 3 saturated heterocycles. The van der Waals surface area contributed by atoms with Crippen LogP contribution in [-0.4, -0.2) is 67.9 Å². The van der Waals surface area contributed by atoms with E-state index in [1.807, 2.05) is 19.2 Å². The van der Waals surface area contributed by atoms with Crippen molar-refractivity contribution in [3.63, 3.8) is 0 Å². The van der Waals surface area contributed by atoms with Gasteiger partial charge in [0.05, 0.1) is 17.1 Å². The maximum absolute atomic E-state index is 9.56. The number of pyridine rings is 1. The van der Waals surface area contributed by atoms with E-state index < -0.39 is 0 Å². The van der Waals surface area contributed by atoms with Gasteiger partial charge in [0.1, 0.15) is 11.7 Å². The quantitative estimate of drug-likeness (QED) is 0.617. The van der Waals surface area contributed by atoms with Crippen LogP contribution >= 0.6 is 0 Å². The second-order valence-corrected chi connectivity index (χ2v) is 10.9. The van der Waals surface area contributed by atoms with Crippen LogP contribution in [0.5, 0.6) is 0 Å². The minimum Gasteiger partial charge on any atom is -0.375 e. The number of nitrogens with zero attached hydrogens (tertiary/aromatic N) is 5. The number of ether oxygens (including phenoxy) is 1. The molecular formula is C29H32N6O. The number of methoxy groups -OCH3 is 1. The molecule has 0 saturated carbocycles. The van der Waals surface area contributed by atoms with Crippen molar-refractivity contribution in [3.8, 4) is 6.07 Å². The Morgan fingerprint density at radius 2 is 2.06 bits per heavy atom. The van der Waals surface area contributed by atoms with Crippen molar-refractivity contribution in [2.24, 2.45) is 5.92 Å². The Bertz CT molecular complexity index is 1380. The molecule has 0 radical (unpaired) electrons. The van der Waals surface area contributed by atoms with Gasteiger partial charge in [0.25, 0.3) is 0 Å². The first-order valence-corrected chi connectivity index (χ1v) is 13.0. The van der Waals surface area contributed by atoms with E-state index in [2.05, 4.69) is 68.3 Å². The lowest BCUT2D eigenvalue weighted by molar-refractivity contribution is 0.00153. The van der Waals surface area contributed by atoms with Gasteiger partial charge < -0.3 is 19.9 Å². The Labute approximate surface area is 212 Å². The molecule has 2 aromatic carbocycles. The molecule has 0 amide bonds. The molecule has 4 aliphatic heterocycles. The van der Waals surface area contributed by atoms with Gasteiger partial charge in [0.15, 0.2) is 0 Å². The van der Waals surface area contributed by atoms with Gasteiger partial charge in [-0.3, -0.25) is 9.88 Å². The van der Waals surface area contributed by atoms with Gasteiger partial charge in [-0.15, -0.1) is 0 Å². The lowest BCUT2D eigenvalue weighted by Gasteiger charge is -2.43. The fourth-order valence-electron chi connectivity index (χ4n) is 7.19. The van der Waals surface area contributed by atoms with E-state index in [0.717, 1.165) is 56.7 Å². The van der Waals surface area contributed by atoms with Crippen molar-refractivity contribution < 1.29 is 4.74 Å². The zero-order valence-corrected chi connectivity index (χ0v) is 20.9. The van der Waals surface area contributed by atoms with Gasteiger partial charge in [-0.05, 0) is 54.4 Å². The van der Waals surface area contributed by atoms with Crippen LogP contribution in [0.15, 0.2) is 48.7 Å². The normalized spacial score (nSPS) is 29.3. The summed E-state index contributed by atoms with van der Waals surface area (Å²) in [5, 5.41) is 14.1. The number of fused-ring (bicyclic) bond motifs is 5. The van der Waals surface area contributed by atoms with Gasteiger partial charge in [0.2, 0.25) is 0 Å².